The van der Waals surface area contributed by atoms with Crippen molar-refractivity contribution in [3.63, 3.8) is 0 Å². The van der Waals surface area contributed by atoms with Crippen LogP contribution in [0.15, 0.2) is 24.3 Å². The molecule has 1 aromatic rings. The van der Waals surface area contributed by atoms with Gasteiger partial charge in [0.25, 0.3) is 0 Å². The van der Waals surface area contributed by atoms with Gasteiger partial charge in [0.1, 0.15) is 6.04 Å². The van der Waals surface area contributed by atoms with Crippen molar-refractivity contribution < 1.29 is 14.6 Å². The molecule has 0 aromatic heterocycles. The van der Waals surface area contributed by atoms with Gasteiger partial charge in [0, 0.05) is 6.54 Å². The second-order valence-corrected chi connectivity index (χ2v) is 4.86. The summed E-state index contributed by atoms with van der Waals surface area (Å²) < 4.78 is 5.12. The zero-order valence-electron chi connectivity index (χ0n) is 11.3. The second-order valence-electron chi connectivity index (χ2n) is 4.86. The lowest BCUT2D eigenvalue weighted by Crippen LogP contribution is -2.36. The molecular weight excluding hydrogens is 242 g/mol. The number of hydrogen-bond acceptors (Lipinski definition) is 4. The Morgan fingerprint density at radius 1 is 1.37 bits per heavy atom. The molecule has 1 fully saturated rings. The molecule has 4 nitrogen and oxygen atoms in total. The number of nitrogens with zero attached hydrogens (tertiary/aromatic N) is 1. The molecule has 104 valence electrons. The van der Waals surface area contributed by atoms with E-state index in [2.05, 4.69) is 4.90 Å². The highest BCUT2D eigenvalue weighted by atomic mass is 16.5. The topological polar surface area (TPSA) is 49.8 Å². The Balaban J connectivity index is 1.98. The molecule has 1 atom stereocenters. The number of hydrogen-bond donors (Lipinski definition) is 1. The normalized spacial score (nSPS) is 19.6. The summed E-state index contributed by atoms with van der Waals surface area (Å²) in [6, 6.07) is 7.76. The van der Waals surface area contributed by atoms with E-state index in [0.717, 1.165) is 37.1 Å². The fourth-order valence-electron chi connectivity index (χ4n) is 2.51. The zero-order chi connectivity index (χ0) is 13.7. The van der Waals surface area contributed by atoms with Crippen molar-refractivity contribution in [1.29, 1.82) is 0 Å². The molecule has 2 rings (SSSR count). The zero-order valence-corrected chi connectivity index (χ0v) is 11.3. The molecule has 0 aliphatic carbocycles. The molecule has 4 heteroatoms. The minimum Gasteiger partial charge on any atom is -0.465 e. The van der Waals surface area contributed by atoms with E-state index < -0.39 is 0 Å². The van der Waals surface area contributed by atoms with Crippen LogP contribution in [0.4, 0.5) is 0 Å². The molecule has 0 amide bonds. The maximum absolute atomic E-state index is 11.8. The van der Waals surface area contributed by atoms with Gasteiger partial charge >= 0.3 is 5.97 Å². The predicted octanol–water partition coefficient (Wildman–Crippen LogP) is 1.71. The lowest BCUT2D eigenvalue weighted by atomic mass is 10.1. The van der Waals surface area contributed by atoms with E-state index in [0.29, 0.717) is 6.61 Å². The standard InChI is InChI=1S/C15H21NO3/c1-2-19-15(18)14-4-3-9-16(14)10-12-5-7-13(11-17)8-6-12/h5-8,14,17H,2-4,9-11H2,1H3. The SMILES string of the molecule is CCOC(=O)C1CCCN1Cc1ccc(CO)cc1. The number of carbonyl (C=O) groups is 1. The van der Waals surface area contributed by atoms with Crippen LogP contribution in [0.3, 0.4) is 0 Å². The van der Waals surface area contributed by atoms with Crippen molar-refractivity contribution in [1.82, 2.24) is 4.90 Å². The number of ether oxygens (including phenoxy) is 1. The molecule has 1 aliphatic heterocycles. The number of carbonyl (C=O) groups excluding carboxylic acids is 1. The van der Waals surface area contributed by atoms with Gasteiger partial charge in [-0.15, -0.1) is 0 Å². The van der Waals surface area contributed by atoms with E-state index in [9.17, 15) is 4.79 Å². The number of esters is 1. The lowest BCUT2D eigenvalue weighted by Gasteiger charge is -2.22. The van der Waals surface area contributed by atoms with Crippen LogP contribution < -0.4 is 0 Å². The first-order valence-electron chi connectivity index (χ1n) is 6.84. The Hall–Kier alpha value is -1.39. The Bertz CT molecular complexity index is 416. The van der Waals surface area contributed by atoms with Crippen LogP contribution in [0.25, 0.3) is 0 Å². The van der Waals surface area contributed by atoms with Gasteiger partial charge in [0.15, 0.2) is 0 Å². The largest absolute Gasteiger partial charge is 0.465 e. The lowest BCUT2D eigenvalue weighted by molar-refractivity contribution is -0.148. The highest BCUT2D eigenvalue weighted by Gasteiger charge is 2.31. The third-order valence-electron chi connectivity index (χ3n) is 3.51. The predicted molar refractivity (Wildman–Crippen MR) is 72.4 cm³/mol. The van der Waals surface area contributed by atoms with Crippen molar-refractivity contribution in [2.24, 2.45) is 0 Å². The molecule has 1 N–H and O–H groups in total. The Morgan fingerprint density at radius 3 is 2.68 bits per heavy atom. The molecule has 0 saturated carbocycles. The van der Waals surface area contributed by atoms with Crippen molar-refractivity contribution >= 4 is 5.97 Å². The van der Waals surface area contributed by atoms with Gasteiger partial charge in [-0.1, -0.05) is 24.3 Å². The number of likely N-dealkylation sites (tertiary alicyclic amines) is 1. The quantitative estimate of drug-likeness (QED) is 0.822. The van der Waals surface area contributed by atoms with Gasteiger partial charge < -0.3 is 9.84 Å². The fourth-order valence-corrected chi connectivity index (χ4v) is 2.51. The highest BCUT2D eigenvalue weighted by Crippen LogP contribution is 2.21. The van der Waals surface area contributed by atoms with E-state index in [4.69, 9.17) is 9.84 Å². The Labute approximate surface area is 114 Å². The molecule has 1 heterocycles. The summed E-state index contributed by atoms with van der Waals surface area (Å²) in [5.41, 5.74) is 2.07. The number of aliphatic hydroxyl groups is 1. The molecular formula is C15H21NO3. The van der Waals surface area contributed by atoms with Gasteiger partial charge in [-0.3, -0.25) is 9.69 Å². The highest BCUT2D eigenvalue weighted by molar-refractivity contribution is 5.76. The Morgan fingerprint density at radius 2 is 2.05 bits per heavy atom. The van der Waals surface area contributed by atoms with Crippen molar-refractivity contribution in [3.8, 4) is 0 Å². The molecule has 1 saturated heterocycles. The van der Waals surface area contributed by atoms with Crippen LogP contribution >= 0.6 is 0 Å². The number of rotatable bonds is 5. The van der Waals surface area contributed by atoms with Gasteiger partial charge in [-0.05, 0) is 37.4 Å². The molecule has 0 radical (unpaired) electrons. The summed E-state index contributed by atoms with van der Waals surface area (Å²) in [5, 5.41) is 9.02. The van der Waals surface area contributed by atoms with E-state index >= 15 is 0 Å². The monoisotopic (exact) mass is 263 g/mol. The molecule has 19 heavy (non-hydrogen) atoms. The number of aliphatic hydroxyl groups excluding tert-OH is 1. The molecule has 0 bridgehead atoms. The van der Waals surface area contributed by atoms with Crippen molar-refractivity contribution in [2.75, 3.05) is 13.2 Å². The summed E-state index contributed by atoms with van der Waals surface area (Å²) in [5.74, 6) is -0.105. The first-order valence-corrected chi connectivity index (χ1v) is 6.84. The van der Waals surface area contributed by atoms with Crippen LogP contribution in [0.1, 0.15) is 30.9 Å². The first-order chi connectivity index (χ1) is 9.24. The van der Waals surface area contributed by atoms with Crippen LogP contribution in [-0.4, -0.2) is 35.2 Å². The van der Waals surface area contributed by atoms with Crippen LogP contribution in [0.2, 0.25) is 0 Å². The third kappa shape index (κ3) is 3.55. The van der Waals surface area contributed by atoms with E-state index in [1.54, 1.807) is 0 Å². The van der Waals surface area contributed by atoms with Gasteiger partial charge in [0.05, 0.1) is 13.2 Å². The van der Waals surface area contributed by atoms with Crippen LogP contribution in [0.5, 0.6) is 0 Å². The average Bonchev–Trinajstić information content (AvgIpc) is 2.88. The average molecular weight is 263 g/mol. The Kier molecular flexibility index (Phi) is 4.93. The summed E-state index contributed by atoms with van der Waals surface area (Å²) in [6.45, 7) is 4.04. The summed E-state index contributed by atoms with van der Waals surface area (Å²) in [6.07, 6.45) is 1.92. The summed E-state index contributed by atoms with van der Waals surface area (Å²) >= 11 is 0. The molecule has 1 aromatic carbocycles. The van der Waals surface area contributed by atoms with Gasteiger partial charge in [0.2, 0.25) is 0 Å². The first kappa shape index (κ1) is 14.0. The minimum absolute atomic E-state index is 0.0649. The molecule has 1 unspecified atom stereocenters. The van der Waals surface area contributed by atoms with Gasteiger partial charge in [-0.25, -0.2) is 0 Å². The summed E-state index contributed by atoms with van der Waals surface area (Å²) in [7, 11) is 0. The maximum Gasteiger partial charge on any atom is 0.323 e. The minimum atomic E-state index is -0.105. The van der Waals surface area contributed by atoms with Crippen molar-refractivity contribution in [3.05, 3.63) is 35.4 Å². The van der Waals surface area contributed by atoms with Crippen molar-refractivity contribution in [2.45, 2.75) is 39.0 Å². The number of benzene rings is 1. The van der Waals surface area contributed by atoms with E-state index in [1.165, 1.54) is 0 Å². The summed E-state index contributed by atoms with van der Waals surface area (Å²) in [4.78, 5) is 14.0. The van der Waals surface area contributed by atoms with Crippen LogP contribution in [-0.2, 0) is 22.7 Å². The second kappa shape index (κ2) is 6.68. The van der Waals surface area contributed by atoms with Gasteiger partial charge in [-0.2, -0.15) is 0 Å². The van der Waals surface area contributed by atoms with E-state index in [-0.39, 0.29) is 18.6 Å². The van der Waals surface area contributed by atoms with Crippen LogP contribution in [0, 0.1) is 0 Å². The molecule has 1 aliphatic rings. The fraction of sp³-hybridized carbons (Fsp3) is 0.533. The molecule has 0 spiro atoms. The van der Waals surface area contributed by atoms with E-state index in [1.807, 2.05) is 31.2 Å². The smallest absolute Gasteiger partial charge is 0.323 e. The third-order valence-corrected chi connectivity index (χ3v) is 3.51. The maximum atomic E-state index is 11.8.